The largest absolute Gasteiger partial charge is 0.503 e. The highest BCUT2D eigenvalue weighted by atomic mass is 35.5. The Balaban J connectivity index is 1.61. The minimum atomic E-state index is -0.540. The van der Waals surface area contributed by atoms with Crippen LogP contribution < -0.4 is 14.8 Å². The Morgan fingerprint density at radius 2 is 2.06 bits per heavy atom. The van der Waals surface area contributed by atoms with Crippen molar-refractivity contribution >= 4 is 39.9 Å². The van der Waals surface area contributed by atoms with Crippen molar-refractivity contribution in [2.45, 2.75) is 6.42 Å². The number of phenolic OH excluding ortho intramolecular Hbond substituents is 1. The number of halogens is 2. The van der Waals surface area contributed by atoms with Crippen molar-refractivity contribution in [1.82, 2.24) is 9.38 Å². The number of nitrogens with zero attached hydrogens (tertiary/aromatic N) is 2. The van der Waals surface area contributed by atoms with Crippen LogP contribution in [0.2, 0.25) is 5.02 Å². The minimum absolute atomic E-state index is 0.0309. The topological polar surface area (TPSA) is 90.1 Å². The van der Waals surface area contributed by atoms with E-state index in [4.69, 9.17) is 21.1 Å². The van der Waals surface area contributed by atoms with Crippen LogP contribution in [-0.4, -0.2) is 40.9 Å². The number of aromatic nitrogens is 2. The fraction of sp³-hybridized carbons (Fsp3) is 0.174. The lowest BCUT2D eigenvalue weighted by atomic mass is 10.1. The van der Waals surface area contributed by atoms with E-state index in [0.717, 1.165) is 5.56 Å². The number of alkyl halides is 1. The molecule has 0 unspecified atom stereocenters. The number of fused-ring (bicyclic) bond motifs is 1. The molecule has 0 atom stereocenters. The molecule has 4 aromatic rings. The molecule has 0 fully saturated rings. The molecule has 170 valence electrons. The summed E-state index contributed by atoms with van der Waals surface area (Å²) in [5.74, 6) is -0.475. The van der Waals surface area contributed by atoms with Gasteiger partial charge in [-0.2, -0.15) is 0 Å². The van der Waals surface area contributed by atoms with Crippen molar-refractivity contribution in [3.05, 3.63) is 73.6 Å². The summed E-state index contributed by atoms with van der Waals surface area (Å²) in [5, 5.41) is 9.99. The molecule has 0 radical (unpaired) electrons. The van der Waals surface area contributed by atoms with Gasteiger partial charge in [-0.25, -0.2) is 9.78 Å². The number of rotatable bonds is 7. The van der Waals surface area contributed by atoms with Gasteiger partial charge < -0.3 is 14.6 Å². The molecular formula is C23H18ClFN2O5S. The molecule has 0 saturated heterocycles. The number of carbonyl (C=O) groups excluding carboxylic acids is 1. The Hall–Kier alpha value is -3.43. The predicted molar refractivity (Wildman–Crippen MR) is 124 cm³/mol. The smallest absolute Gasteiger partial charge is 0.338 e. The lowest BCUT2D eigenvalue weighted by molar-refractivity contribution is 0.0494. The number of thiazole rings is 1. The van der Waals surface area contributed by atoms with Gasteiger partial charge in [0.05, 0.1) is 41.2 Å². The maximum absolute atomic E-state index is 12.9. The Labute approximate surface area is 196 Å². The van der Waals surface area contributed by atoms with Crippen LogP contribution in [0.5, 0.6) is 11.5 Å². The average molecular weight is 489 g/mol. The van der Waals surface area contributed by atoms with E-state index in [1.807, 2.05) is 0 Å². The summed E-state index contributed by atoms with van der Waals surface area (Å²) < 4.78 is 24.1. The third-order valence-electron chi connectivity index (χ3n) is 4.80. The minimum Gasteiger partial charge on any atom is -0.503 e. The molecule has 0 saturated carbocycles. The Morgan fingerprint density at radius 3 is 2.73 bits per heavy atom. The van der Waals surface area contributed by atoms with Gasteiger partial charge in [0.25, 0.3) is 5.56 Å². The fourth-order valence-corrected chi connectivity index (χ4v) is 4.31. The van der Waals surface area contributed by atoms with E-state index in [2.05, 4.69) is 4.98 Å². The molecule has 0 aliphatic carbocycles. The Kier molecular flexibility index (Phi) is 6.62. The van der Waals surface area contributed by atoms with Crippen molar-refractivity contribution in [3.63, 3.8) is 0 Å². The SMILES string of the molecule is COc1cc(C=c2sc3nc(-c4ccc(C(=O)OCCCF)cc4)cn3c2=O)cc(Cl)c1O. The van der Waals surface area contributed by atoms with Crippen LogP contribution in [0.15, 0.2) is 47.4 Å². The highest BCUT2D eigenvalue weighted by Crippen LogP contribution is 2.35. The van der Waals surface area contributed by atoms with Crippen molar-refractivity contribution in [2.75, 3.05) is 20.4 Å². The van der Waals surface area contributed by atoms with Gasteiger partial charge in [-0.15, -0.1) is 0 Å². The summed E-state index contributed by atoms with van der Waals surface area (Å²) in [5.41, 5.74) is 2.02. The molecule has 2 aromatic heterocycles. The van der Waals surface area contributed by atoms with Crippen molar-refractivity contribution in [2.24, 2.45) is 0 Å². The molecule has 0 aliphatic heterocycles. The van der Waals surface area contributed by atoms with Gasteiger partial charge in [-0.1, -0.05) is 35.1 Å². The lowest BCUT2D eigenvalue weighted by Crippen LogP contribution is -2.22. The lowest BCUT2D eigenvalue weighted by Gasteiger charge is -2.05. The van der Waals surface area contributed by atoms with Crippen LogP contribution in [-0.2, 0) is 4.74 Å². The van der Waals surface area contributed by atoms with Crippen LogP contribution in [0.25, 0.3) is 22.3 Å². The number of hydrogen-bond donors (Lipinski definition) is 1. The zero-order valence-corrected chi connectivity index (χ0v) is 19.0. The summed E-state index contributed by atoms with van der Waals surface area (Å²) in [6.07, 6.45) is 3.45. The van der Waals surface area contributed by atoms with E-state index >= 15 is 0 Å². The number of phenols is 1. The van der Waals surface area contributed by atoms with E-state index in [1.54, 1.807) is 42.6 Å². The van der Waals surface area contributed by atoms with E-state index in [0.29, 0.717) is 26.3 Å². The monoisotopic (exact) mass is 488 g/mol. The number of hydrogen-bond acceptors (Lipinski definition) is 7. The molecule has 0 bridgehead atoms. The zero-order valence-electron chi connectivity index (χ0n) is 17.4. The highest BCUT2D eigenvalue weighted by Gasteiger charge is 2.13. The number of carbonyl (C=O) groups is 1. The number of esters is 1. The molecule has 0 spiro atoms. The molecular weight excluding hydrogens is 471 g/mol. The Bertz CT molecular complexity index is 1430. The van der Waals surface area contributed by atoms with Crippen molar-refractivity contribution < 1.29 is 23.8 Å². The quantitative estimate of drug-likeness (QED) is 0.314. The van der Waals surface area contributed by atoms with Gasteiger partial charge in [-0.3, -0.25) is 13.6 Å². The predicted octanol–water partition coefficient (Wildman–Crippen LogP) is 3.85. The summed E-state index contributed by atoms with van der Waals surface area (Å²) in [6.45, 7) is -0.509. The summed E-state index contributed by atoms with van der Waals surface area (Å²) in [7, 11) is 1.41. The first-order valence-electron chi connectivity index (χ1n) is 9.85. The first-order chi connectivity index (χ1) is 15.9. The molecule has 1 N–H and O–H groups in total. The van der Waals surface area contributed by atoms with Gasteiger partial charge in [0.2, 0.25) is 0 Å². The standard InChI is InChI=1S/C23H18ClFN2O5S/c1-31-18-10-13(9-16(24)20(18)28)11-19-21(29)27-12-17(26-23(27)33-19)14-3-5-15(6-4-14)22(30)32-8-2-7-25/h3-6,9-12,28H,2,7-8H2,1H3. The number of benzene rings is 2. The van der Waals surface area contributed by atoms with Crippen molar-refractivity contribution in [3.8, 4) is 22.8 Å². The van der Waals surface area contributed by atoms with Crippen LogP contribution in [0.3, 0.4) is 0 Å². The molecule has 2 aromatic carbocycles. The highest BCUT2D eigenvalue weighted by molar-refractivity contribution is 7.15. The maximum atomic E-state index is 12.9. The Morgan fingerprint density at radius 1 is 1.30 bits per heavy atom. The normalized spacial score (nSPS) is 11.8. The summed E-state index contributed by atoms with van der Waals surface area (Å²) in [6, 6.07) is 9.73. The van der Waals surface area contributed by atoms with Crippen molar-refractivity contribution in [1.29, 1.82) is 0 Å². The first-order valence-corrected chi connectivity index (χ1v) is 11.0. The van der Waals surface area contributed by atoms with E-state index in [-0.39, 0.29) is 35.1 Å². The second kappa shape index (κ2) is 9.60. The zero-order chi connectivity index (χ0) is 23.5. The number of ether oxygens (including phenoxy) is 2. The third-order valence-corrected chi connectivity index (χ3v) is 6.07. The van der Waals surface area contributed by atoms with Gasteiger partial charge >= 0.3 is 5.97 Å². The average Bonchev–Trinajstić information content (AvgIpc) is 3.35. The second-order valence-corrected chi connectivity index (χ2v) is 8.42. The van der Waals surface area contributed by atoms with Crippen LogP contribution in [0, 0.1) is 0 Å². The van der Waals surface area contributed by atoms with Crippen LogP contribution in [0.1, 0.15) is 22.3 Å². The molecule has 0 aliphatic rings. The maximum Gasteiger partial charge on any atom is 0.338 e. The number of methoxy groups -OCH3 is 1. The van der Waals surface area contributed by atoms with E-state index in [1.165, 1.54) is 28.9 Å². The first kappa shape index (κ1) is 22.8. The molecule has 4 rings (SSSR count). The molecule has 2 heterocycles. The van der Waals surface area contributed by atoms with Crippen LogP contribution >= 0.6 is 22.9 Å². The van der Waals surface area contributed by atoms with E-state index < -0.39 is 12.6 Å². The number of aromatic hydroxyl groups is 1. The van der Waals surface area contributed by atoms with Crippen LogP contribution in [0.4, 0.5) is 4.39 Å². The third kappa shape index (κ3) is 4.69. The molecule has 7 nitrogen and oxygen atoms in total. The van der Waals surface area contributed by atoms with E-state index in [9.17, 15) is 19.1 Å². The fourth-order valence-electron chi connectivity index (χ4n) is 3.14. The van der Waals surface area contributed by atoms with Gasteiger partial charge in [0.15, 0.2) is 16.5 Å². The van der Waals surface area contributed by atoms with Gasteiger partial charge in [0.1, 0.15) is 0 Å². The number of imidazole rings is 1. The summed E-state index contributed by atoms with van der Waals surface area (Å²) >= 11 is 7.24. The molecule has 0 amide bonds. The molecule has 33 heavy (non-hydrogen) atoms. The summed E-state index contributed by atoms with van der Waals surface area (Å²) in [4.78, 5) is 29.8. The molecule has 10 heteroatoms. The van der Waals surface area contributed by atoms with Gasteiger partial charge in [-0.05, 0) is 35.9 Å². The van der Waals surface area contributed by atoms with Gasteiger partial charge in [0, 0.05) is 18.2 Å². The second-order valence-electron chi connectivity index (χ2n) is 7.00.